The highest BCUT2D eigenvalue weighted by Crippen LogP contribution is 2.43. The topological polar surface area (TPSA) is 26.6 Å². The van der Waals surface area contributed by atoms with Gasteiger partial charge in [0.05, 0.1) is 26.7 Å². The Morgan fingerprint density at radius 2 is 1.43 bits per heavy atom. The molecular weight excluding hydrogens is 680 g/mol. The number of nitrogens with zero attached hydrogens (tertiary/aromatic N) is 2. The van der Waals surface area contributed by atoms with Crippen LogP contribution in [0.25, 0.3) is 21.8 Å². The molecule has 4 nitrogen and oxygen atoms in total. The van der Waals surface area contributed by atoms with E-state index in [2.05, 4.69) is 31.9 Å². The van der Waals surface area contributed by atoms with Crippen LogP contribution in [0.2, 0.25) is 0 Å². The van der Waals surface area contributed by atoms with E-state index >= 15 is 4.39 Å². The number of ether oxygens (including phenoxy) is 2. The lowest BCUT2D eigenvalue weighted by Crippen LogP contribution is -2.53. The molecule has 5 aromatic rings. The van der Waals surface area contributed by atoms with Crippen LogP contribution in [0.3, 0.4) is 0 Å². The number of benzene rings is 4. The summed E-state index contributed by atoms with van der Waals surface area (Å²) in [7, 11) is 2.51. The normalized spacial score (nSPS) is 14.2. The summed E-state index contributed by atoms with van der Waals surface area (Å²) in [5.74, 6) is 0.446. The summed E-state index contributed by atoms with van der Waals surface area (Å²) in [4.78, 5) is 1.39. The Kier molecular flexibility index (Phi) is 8.87. The Labute approximate surface area is 258 Å². The second kappa shape index (κ2) is 12.3. The SMILES string of the molecule is COc1cccc(N(CC(F)Cn2c3ccc(Br)cc3c3cc(Br)ccc32)CC(OC)(c2ccccc2)C(F)(F)F)c1. The van der Waals surface area contributed by atoms with E-state index in [1.54, 1.807) is 30.3 Å². The molecular formula is C32H28Br2F4N2O2. The summed E-state index contributed by atoms with van der Waals surface area (Å²) in [6.45, 7) is -1.06. The lowest BCUT2D eigenvalue weighted by molar-refractivity contribution is -0.272. The maximum atomic E-state index is 16.2. The van der Waals surface area contributed by atoms with Crippen LogP contribution in [0, 0.1) is 0 Å². The molecule has 5 rings (SSSR count). The number of anilines is 1. The third-order valence-electron chi connectivity index (χ3n) is 7.47. The number of halogens is 6. The molecule has 0 bridgehead atoms. The van der Waals surface area contributed by atoms with Gasteiger partial charge in [-0.05, 0) is 54.1 Å². The van der Waals surface area contributed by atoms with E-state index in [1.807, 2.05) is 41.0 Å². The molecule has 0 saturated heterocycles. The van der Waals surface area contributed by atoms with E-state index < -0.39 is 24.5 Å². The molecule has 0 radical (unpaired) electrons. The Morgan fingerprint density at radius 1 is 0.810 bits per heavy atom. The first-order chi connectivity index (χ1) is 20.1. The predicted octanol–water partition coefficient (Wildman–Crippen LogP) is 9.28. The van der Waals surface area contributed by atoms with Gasteiger partial charge >= 0.3 is 6.18 Å². The molecule has 42 heavy (non-hydrogen) atoms. The fourth-order valence-corrected chi connectivity index (χ4v) is 6.15. The molecule has 220 valence electrons. The molecule has 0 N–H and O–H groups in total. The van der Waals surface area contributed by atoms with Crippen molar-refractivity contribution in [1.29, 1.82) is 0 Å². The monoisotopic (exact) mass is 706 g/mol. The summed E-state index contributed by atoms with van der Waals surface area (Å²) < 4.78 is 75.1. The van der Waals surface area contributed by atoms with Crippen LogP contribution in [0.1, 0.15) is 5.56 Å². The van der Waals surface area contributed by atoms with E-state index in [1.165, 1.54) is 36.3 Å². The van der Waals surface area contributed by atoms with Gasteiger partial charge in [-0.3, -0.25) is 0 Å². The van der Waals surface area contributed by atoms with Crippen molar-refractivity contribution in [2.24, 2.45) is 0 Å². The van der Waals surface area contributed by atoms with Crippen molar-refractivity contribution >= 4 is 59.4 Å². The van der Waals surface area contributed by atoms with Gasteiger partial charge in [-0.25, -0.2) is 4.39 Å². The number of alkyl halides is 4. The predicted molar refractivity (Wildman–Crippen MR) is 166 cm³/mol. The second-order valence-corrected chi connectivity index (χ2v) is 11.8. The molecule has 4 aromatic carbocycles. The van der Waals surface area contributed by atoms with Crippen LogP contribution in [-0.2, 0) is 16.9 Å². The Bertz CT molecular complexity index is 1630. The van der Waals surface area contributed by atoms with E-state index in [4.69, 9.17) is 9.47 Å². The van der Waals surface area contributed by atoms with Gasteiger partial charge in [0, 0.05) is 49.6 Å². The zero-order valence-electron chi connectivity index (χ0n) is 22.8. The minimum Gasteiger partial charge on any atom is -0.497 e. The molecule has 0 fully saturated rings. The van der Waals surface area contributed by atoms with Gasteiger partial charge in [-0.15, -0.1) is 0 Å². The van der Waals surface area contributed by atoms with Gasteiger partial charge in [0.15, 0.2) is 0 Å². The first-order valence-electron chi connectivity index (χ1n) is 13.1. The van der Waals surface area contributed by atoms with E-state index in [0.717, 1.165) is 37.9 Å². The molecule has 0 amide bonds. The van der Waals surface area contributed by atoms with Crippen LogP contribution >= 0.6 is 31.9 Å². The molecule has 2 unspecified atom stereocenters. The number of hydrogen-bond donors (Lipinski definition) is 0. The van der Waals surface area contributed by atoms with Crippen molar-refractivity contribution in [3.05, 3.63) is 106 Å². The quantitative estimate of drug-likeness (QED) is 0.135. The average molecular weight is 708 g/mol. The van der Waals surface area contributed by atoms with Crippen molar-refractivity contribution in [1.82, 2.24) is 4.57 Å². The fourth-order valence-electron chi connectivity index (χ4n) is 5.43. The van der Waals surface area contributed by atoms with Crippen molar-refractivity contribution in [2.45, 2.75) is 24.5 Å². The van der Waals surface area contributed by atoms with Gasteiger partial charge in [0.2, 0.25) is 5.60 Å². The minimum atomic E-state index is -4.79. The molecule has 0 aliphatic heterocycles. The first-order valence-corrected chi connectivity index (χ1v) is 14.7. The molecule has 0 aliphatic rings. The Morgan fingerprint density at radius 3 is 1.98 bits per heavy atom. The van der Waals surface area contributed by atoms with Crippen molar-refractivity contribution in [3.8, 4) is 5.75 Å². The fraction of sp³-hybridized carbons (Fsp3) is 0.250. The maximum absolute atomic E-state index is 16.2. The van der Waals surface area contributed by atoms with Crippen LogP contribution in [0.4, 0.5) is 23.2 Å². The standard InChI is InChI=1S/C32H28Br2F4N2O2/c1-41-26-10-6-9-25(17-26)39(20-31(42-2,32(36,37)38)21-7-4-3-5-8-21)18-24(35)19-40-29-13-11-22(33)15-27(29)28-16-23(34)12-14-30(28)40/h3-17,24H,18-20H2,1-2H3. The lowest BCUT2D eigenvalue weighted by Gasteiger charge is -2.40. The van der Waals surface area contributed by atoms with Crippen molar-refractivity contribution < 1.29 is 27.0 Å². The molecule has 2 atom stereocenters. The van der Waals surface area contributed by atoms with Gasteiger partial charge in [0.25, 0.3) is 0 Å². The molecule has 1 heterocycles. The van der Waals surface area contributed by atoms with Crippen molar-refractivity contribution in [3.63, 3.8) is 0 Å². The molecule has 0 spiro atoms. The number of methoxy groups -OCH3 is 2. The number of aromatic nitrogens is 1. The van der Waals surface area contributed by atoms with Crippen LogP contribution < -0.4 is 9.64 Å². The largest absolute Gasteiger partial charge is 0.497 e. The van der Waals surface area contributed by atoms with Crippen LogP contribution in [0.15, 0.2) is 99.9 Å². The highest BCUT2D eigenvalue weighted by atomic mass is 79.9. The smallest absolute Gasteiger partial charge is 0.423 e. The number of hydrogen-bond acceptors (Lipinski definition) is 3. The highest BCUT2D eigenvalue weighted by Gasteiger charge is 2.57. The van der Waals surface area contributed by atoms with Gasteiger partial charge in [-0.2, -0.15) is 13.2 Å². The Balaban J connectivity index is 1.56. The average Bonchev–Trinajstić information content (AvgIpc) is 3.26. The summed E-state index contributed by atoms with van der Waals surface area (Å²) in [5.41, 5.74) is -0.737. The summed E-state index contributed by atoms with van der Waals surface area (Å²) in [5, 5.41) is 1.88. The van der Waals surface area contributed by atoms with Crippen molar-refractivity contribution in [2.75, 3.05) is 32.2 Å². The molecule has 10 heteroatoms. The maximum Gasteiger partial charge on any atom is 0.423 e. The van der Waals surface area contributed by atoms with E-state index in [-0.39, 0.29) is 18.7 Å². The Hall–Kier alpha value is -3.08. The molecule has 0 aliphatic carbocycles. The third kappa shape index (κ3) is 5.89. The summed E-state index contributed by atoms with van der Waals surface area (Å²) >= 11 is 7.04. The molecule has 1 aromatic heterocycles. The third-order valence-corrected chi connectivity index (χ3v) is 8.45. The zero-order valence-corrected chi connectivity index (χ0v) is 26.0. The van der Waals surface area contributed by atoms with E-state index in [0.29, 0.717) is 11.4 Å². The summed E-state index contributed by atoms with van der Waals surface area (Å²) in [6, 6.07) is 25.6. The van der Waals surface area contributed by atoms with Crippen LogP contribution in [0.5, 0.6) is 5.75 Å². The minimum absolute atomic E-state index is 0.0677. The van der Waals surface area contributed by atoms with Gasteiger partial charge in [0.1, 0.15) is 11.9 Å². The zero-order chi connectivity index (χ0) is 30.1. The lowest BCUT2D eigenvalue weighted by atomic mass is 9.91. The van der Waals surface area contributed by atoms with Crippen LogP contribution in [-0.4, -0.2) is 44.2 Å². The second-order valence-electron chi connectivity index (χ2n) is 10.0. The van der Waals surface area contributed by atoms with Gasteiger partial charge < -0.3 is 18.9 Å². The summed E-state index contributed by atoms with van der Waals surface area (Å²) in [6.07, 6.45) is -6.33. The first kappa shape index (κ1) is 30.4. The molecule has 0 saturated carbocycles. The highest BCUT2D eigenvalue weighted by molar-refractivity contribution is 9.10. The van der Waals surface area contributed by atoms with Gasteiger partial charge in [-0.1, -0.05) is 68.3 Å². The number of fused-ring (bicyclic) bond motifs is 3. The number of rotatable bonds is 10. The van der Waals surface area contributed by atoms with E-state index in [9.17, 15) is 13.2 Å².